The average Bonchev–Trinajstić information content (AvgIpc) is 3.03. The summed E-state index contributed by atoms with van der Waals surface area (Å²) in [7, 11) is 0. The van der Waals surface area contributed by atoms with Gasteiger partial charge in [0.05, 0.1) is 12.5 Å². The molecule has 5 atom stereocenters. The second kappa shape index (κ2) is 19.0. The van der Waals surface area contributed by atoms with Gasteiger partial charge in [-0.2, -0.15) is 0 Å². The molecule has 4 N–H and O–H groups in total. The molecular formula is C41H54N2O6. The molecular weight excluding hydrogens is 616 g/mol. The van der Waals surface area contributed by atoms with Gasteiger partial charge in [0.2, 0.25) is 11.8 Å². The van der Waals surface area contributed by atoms with Crippen molar-refractivity contribution >= 4 is 23.6 Å². The lowest BCUT2D eigenvalue weighted by Crippen LogP contribution is -2.48. The number of carbonyl (C=O) groups excluding carboxylic acids is 4. The van der Waals surface area contributed by atoms with E-state index in [2.05, 4.69) is 5.32 Å². The van der Waals surface area contributed by atoms with Gasteiger partial charge in [0.1, 0.15) is 17.4 Å². The molecule has 0 aliphatic heterocycles. The average molecular weight is 671 g/mol. The van der Waals surface area contributed by atoms with Gasteiger partial charge in [-0.1, -0.05) is 105 Å². The summed E-state index contributed by atoms with van der Waals surface area (Å²) in [4.78, 5) is 53.2. The lowest BCUT2D eigenvalue weighted by molar-refractivity contribution is -0.157. The number of benzene rings is 3. The Labute approximate surface area is 291 Å². The normalized spacial score (nSPS) is 14.7. The van der Waals surface area contributed by atoms with Crippen molar-refractivity contribution < 1.29 is 29.0 Å². The maximum Gasteiger partial charge on any atom is 0.306 e. The van der Waals surface area contributed by atoms with Gasteiger partial charge in [0.15, 0.2) is 0 Å². The zero-order valence-corrected chi connectivity index (χ0v) is 29.6. The fourth-order valence-electron chi connectivity index (χ4n) is 6.19. The molecule has 0 heterocycles. The van der Waals surface area contributed by atoms with Gasteiger partial charge in [0, 0.05) is 24.7 Å². The standard InChI is InChI=1S/C41H54N2O6/c1-28(2)21-34(40(48)43-35(39(42)47)24-31-19-13-8-14-20-31)26-37(45)32(22-29-15-9-6-10-16-29)25-36(44)33(23-30-17-11-7-12-18-30)27-38(46)49-41(3,4)5/h6-20,28,32-36,44H,21-27H2,1-5H3,(H2,42,47)(H,43,48)/t32-,33?,34?,35+,36?/m1/s1. The first-order valence-electron chi connectivity index (χ1n) is 17.3. The largest absolute Gasteiger partial charge is 0.460 e. The summed E-state index contributed by atoms with van der Waals surface area (Å²) in [6.45, 7) is 9.38. The first-order chi connectivity index (χ1) is 23.2. The van der Waals surface area contributed by atoms with Crippen molar-refractivity contribution in [1.29, 1.82) is 0 Å². The molecule has 3 aromatic carbocycles. The van der Waals surface area contributed by atoms with Gasteiger partial charge in [-0.25, -0.2) is 0 Å². The van der Waals surface area contributed by atoms with E-state index in [4.69, 9.17) is 10.5 Å². The molecule has 0 fully saturated rings. The number of ketones is 1. The monoisotopic (exact) mass is 670 g/mol. The van der Waals surface area contributed by atoms with E-state index in [0.29, 0.717) is 19.3 Å². The summed E-state index contributed by atoms with van der Waals surface area (Å²) < 4.78 is 5.61. The Morgan fingerprint density at radius 1 is 0.714 bits per heavy atom. The first kappa shape index (κ1) is 39.1. The number of primary amides is 1. The van der Waals surface area contributed by atoms with Crippen LogP contribution < -0.4 is 11.1 Å². The fourth-order valence-corrected chi connectivity index (χ4v) is 6.19. The zero-order valence-electron chi connectivity index (χ0n) is 29.6. The third-order valence-corrected chi connectivity index (χ3v) is 8.56. The van der Waals surface area contributed by atoms with Crippen LogP contribution in [0.1, 0.15) is 77.0 Å². The molecule has 0 aliphatic carbocycles. The molecule has 0 aromatic heterocycles. The van der Waals surface area contributed by atoms with Crippen LogP contribution in [0.15, 0.2) is 91.0 Å². The number of carbonyl (C=O) groups is 4. The molecule has 264 valence electrons. The smallest absolute Gasteiger partial charge is 0.306 e. The van der Waals surface area contributed by atoms with Gasteiger partial charge in [-0.3, -0.25) is 19.2 Å². The molecule has 0 saturated heterocycles. The van der Waals surface area contributed by atoms with Crippen molar-refractivity contribution in [2.24, 2.45) is 29.4 Å². The molecule has 3 rings (SSSR count). The maximum atomic E-state index is 14.2. The number of aliphatic hydroxyl groups is 1. The number of Topliss-reactive ketones (excluding diaryl/α,β-unsaturated/α-hetero) is 1. The summed E-state index contributed by atoms with van der Waals surface area (Å²) in [6.07, 6.45) is 0.540. The molecule has 0 aliphatic rings. The van der Waals surface area contributed by atoms with Crippen molar-refractivity contribution in [3.05, 3.63) is 108 Å². The number of hydrogen-bond acceptors (Lipinski definition) is 6. The molecule has 3 unspecified atom stereocenters. The quantitative estimate of drug-likeness (QED) is 0.134. The Morgan fingerprint density at radius 2 is 1.20 bits per heavy atom. The number of esters is 1. The fraction of sp³-hybridized carbons (Fsp3) is 0.463. The van der Waals surface area contributed by atoms with Gasteiger partial charge in [-0.05, 0) is 75.0 Å². The lowest BCUT2D eigenvalue weighted by atomic mass is 9.80. The van der Waals surface area contributed by atoms with Crippen LogP contribution in [0.3, 0.4) is 0 Å². The third-order valence-electron chi connectivity index (χ3n) is 8.56. The minimum Gasteiger partial charge on any atom is -0.460 e. The van der Waals surface area contributed by atoms with E-state index in [1.165, 1.54) is 0 Å². The Balaban J connectivity index is 1.85. The van der Waals surface area contributed by atoms with Crippen LogP contribution in [-0.2, 0) is 43.2 Å². The third kappa shape index (κ3) is 14.4. The SMILES string of the molecule is CC(C)CC(CC(=O)[C@H](Cc1ccccc1)CC(O)C(CC(=O)OC(C)(C)C)Cc1ccccc1)C(=O)N[C@@H](Cc1ccccc1)C(N)=O. The molecule has 3 aromatic rings. The van der Waals surface area contributed by atoms with Crippen LogP contribution >= 0.6 is 0 Å². The van der Waals surface area contributed by atoms with Crippen LogP contribution in [0.4, 0.5) is 0 Å². The number of rotatable bonds is 19. The topological polar surface area (TPSA) is 136 Å². The number of ether oxygens (including phenoxy) is 1. The summed E-state index contributed by atoms with van der Waals surface area (Å²) in [6, 6.07) is 27.6. The highest BCUT2D eigenvalue weighted by atomic mass is 16.6. The molecule has 8 nitrogen and oxygen atoms in total. The van der Waals surface area contributed by atoms with Gasteiger partial charge < -0.3 is 20.9 Å². The van der Waals surface area contributed by atoms with E-state index in [-0.39, 0.29) is 37.4 Å². The number of hydrogen-bond donors (Lipinski definition) is 3. The molecule has 0 radical (unpaired) electrons. The van der Waals surface area contributed by atoms with Crippen LogP contribution in [-0.4, -0.2) is 46.4 Å². The molecule has 8 heteroatoms. The number of aliphatic hydroxyl groups excluding tert-OH is 1. The van der Waals surface area contributed by atoms with Gasteiger partial charge in [-0.15, -0.1) is 0 Å². The minimum atomic E-state index is -0.993. The number of nitrogens with one attached hydrogen (secondary N) is 1. The second-order valence-corrected chi connectivity index (χ2v) is 14.6. The highest BCUT2D eigenvalue weighted by molar-refractivity contribution is 5.91. The highest BCUT2D eigenvalue weighted by Gasteiger charge is 2.33. The molecule has 49 heavy (non-hydrogen) atoms. The van der Waals surface area contributed by atoms with E-state index in [0.717, 1.165) is 16.7 Å². The van der Waals surface area contributed by atoms with Crippen molar-refractivity contribution in [1.82, 2.24) is 5.32 Å². The number of amides is 2. The van der Waals surface area contributed by atoms with E-state index < -0.39 is 53.3 Å². The van der Waals surface area contributed by atoms with Gasteiger partial charge >= 0.3 is 5.97 Å². The Morgan fingerprint density at radius 3 is 1.67 bits per heavy atom. The summed E-state index contributed by atoms with van der Waals surface area (Å²) in [5.41, 5.74) is 7.78. The van der Waals surface area contributed by atoms with Crippen molar-refractivity contribution in [2.45, 2.75) is 97.3 Å². The van der Waals surface area contributed by atoms with Crippen LogP contribution in [0.25, 0.3) is 0 Å². The van der Waals surface area contributed by atoms with E-state index >= 15 is 0 Å². The van der Waals surface area contributed by atoms with Crippen LogP contribution in [0.2, 0.25) is 0 Å². The van der Waals surface area contributed by atoms with Gasteiger partial charge in [0.25, 0.3) is 0 Å². The van der Waals surface area contributed by atoms with Crippen LogP contribution in [0.5, 0.6) is 0 Å². The first-order valence-corrected chi connectivity index (χ1v) is 17.3. The summed E-state index contributed by atoms with van der Waals surface area (Å²) in [5, 5.41) is 14.6. The number of nitrogens with two attached hydrogens (primary N) is 1. The highest BCUT2D eigenvalue weighted by Crippen LogP contribution is 2.28. The Hall–Kier alpha value is -4.30. The molecule has 2 amide bonds. The Bertz CT molecular complexity index is 1470. The zero-order chi connectivity index (χ0) is 36.0. The van der Waals surface area contributed by atoms with E-state index in [1.807, 2.05) is 105 Å². The predicted octanol–water partition coefficient (Wildman–Crippen LogP) is 6.02. The van der Waals surface area contributed by atoms with Crippen molar-refractivity contribution in [3.63, 3.8) is 0 Å². The van der Waals surface area contributed by atoms with E-state index in [1.54, 1.807) is 20.8 Å². The second-order valence-electron chi connectivity index (χ2n) is 14.6. The Kier molecular flexibility index (Phi) is 15.2. The summed E-state index contributed by atoms with van der Waals surface area (Å²) in [5.74, 6) is -3.31. The molecule has 0 saturated carbocycles. The maximum absolute atomic E-state index is 14.2. The predicted molar refractivity (Wildman–Crippen MR) is 192 cm³/mol. The van der Waals surface area contributed by atoms with E-state index in [9.17, 15) is 24.3 Å². The van der Waals surface area contributed by atoms with Crippen molar-refractivity contribution in [3.8, 4) is 0 Å². The summed E-state index contributed by atoms with van der Waals surface area (Å²) >= 11 is 0. The molecule has 0 spiro atoms. The molecule has 0 bridgehead atoms. The van der Waals surface area contributed by atoms with Crippen LogP contribution in [0, 0.1) is 23.7 Å². The minimum absolute atomic E-state index is 0.00607. The lowest BCUT2D eigenvalue weighted by Gasteiger charge is -2.29. The van der Waals surface area contributed by atoms with Crippen molar-refractivity contribution in [2.75, 3.05) is 0 Å².